The van der Waals surface area contributed by atoms with Crippen LogP contribution in [0.5, 0.6) is 5.75 Å². The molecule has 2 rings (SSSR count). The molecule has 1 N–H and O–H groups in total. The molecule has 96 valence electrons. The quantitative estimate of drug-likeness (QED) is 0.880. The molecule has 0 amide bonds. The maximum atomic E-state index is 10.9. The lowest BCUT2D eigenvalue weighted by atomic mass is 9.93. The third-order valence-corrected chi connectivity index (χ3v) is 3.17. The average molecular weight is 248 g/mol. The number of carboxylic acid groups (broad SMARTS) is 1. The first-order valence-electron chi connectivity index (χ1n) is 5.93. The summed E-state index contributed by atoms with van der Waals surface area (Å²) in [6, 6.07) is 5.64. The Morgan fingerprint density at radius 3 is 2.89 bits per heavy atom. The minimum atomic E-state index is -0.793. The predicted octanol–water partition coefficient (Wildman–Crippen LogP) is 3.41. The van der Waals surface area contributed by atoms with Crippen LogP contribution in [0.1, 0.15) is 31.2 Å². The number of carbonyl (C=O) groups is 1. The number of carboxylic acids is 1. The second-order valence-electron chi connectivity index (χ2n) is 4.23. The van der Waals surface area contributed by atoms with E-state index in [-0.39, 0.29) is 12.3 Å². The van der Waals surface area contributed by atoms with Gasteiger partial charge in [-0.15, -0.1) is 0 Å². The van der Waals surface area contributed by atoms with Gasteiger partial charge in [-0.1, -0.05) is 19.1 Å². The molecule has 1 unspecified atom stereocenters. The van der Waals surface area contributed by atoms with Crippen molar-refractivity contribution in [3.63, 3.8) is 0 Å². The molecule has 18 heavy (non-hydrogen) atoms. The zero-order valence-corrected chi connectivity index (χ0v) is 10.5. The molecule has 0 fully saturated rings. The Kier molecular flexibility index (Phi) is 3.55. The molecule has 0 saturated carbocycles. The first-order chi connectivity index (χ1) is 8.67. The van der Waals surface area contributed by atoms with Crippen LogP contribution in [0.25, 0.3) is 11.0 Å². The van der Waals surface area contributed by atoms with Crippen LogP contribution in [0.4, 0.5) is 0 Å². The highest BCUT2D eigenvalue weighted by molar-refractivity contribution is 5.87. The topological polar surface area (TPSA) is 59.7 Å². The Bertz CT molecular complexity index is 556. The van der Waals surface area contributed by atoms with E-state index < -0.39 is 5.97 Å². The molecule has 0 radical (unpaired) electrons. The van der Waals surface area contributed by atoms with Crippen LogP contribution in [-0.2, 0) is 4.79 Å². The van der Waals surface area contributed by atoms with E-state index in [2.05, 4.69) is 0 Å². The lowest BCUT2D eigenvalue weighted by molar-refractivity contribution is -0.137. The van der Waals surface area contributed by atoms with Gasteiger partial charge in [-0.3, -0.25) is 4.79 Å². The van der Waals surface area contributed by atoms with Crippen molar-refractivity contribution in [3.8, 4) is 5.75 Å². The number of methoxy groups -OCH3 is 1. The third-order valence-electron chi connectivity index (χ3n) is 3.17. The van der Waals surface area contributed by atoms with E-state index in [1.807, 2.05) is 25.1 Å². The standard InChI is InChI=1S/C14H16O4/c1-3-9(7-13(15)16)11-8-18-14-10(11)5-4-6-12(14)17-2/h4-6,8-9H,3,7H2,1-2H3,(H,15,16). The summed E-state index contributed by atoms with van der Waals surface area (Å²) in [5.41, 5.74) is 1.62. The van der Waals surface area contributed by atoms with Crippen molar-refractivity contribution < 1.29 is 19.1 Å². The Morgan fingerprint density at radius 2 is 2.28 bits per heavy atom. The van der Waals surface area contributed by atoms with Crippen molar-refractivity contribution in [2.45, 2.75) is 25.7 Å². The zero-order valence-electron chi connectivity index (χ0n) is 10.5. The van der Waals surface area contributed by atoms with Gasteiger partial charge in [0.15, 0.2) is 11.3 Å². The number of furan rings is 1. The number of para-hydroxylation sites is 1. The summed E-state index contributed by atoms with van der Waals surface area (Å²) in [7, 11) is 1.59. The van der Waals surface area contributed by atoms with E-state index in [0.717, 1.165) is 17.4 Å². The minimum Gasteiger partial charge on any atom is -0.493 e. The van der Waals surface area contributed by atoms with Crippen molar-refractivity contribution in [2.24, 2.45) is 0 Å². The summed E-state index contributed by atoms with van der Waals surface area (Å²) in [4.78, 5) is 10.9. The van der Waals surface area contributed by atoms with E-state index in [9.17, 15) is 4.79 Å². The normalized spacial score (nSPS) is 12.6. The molecule has 1 atom stereocenters. The lowest BCUT2D eigenvalue weighted by Crippen LogP contribution is -2.04. The number of benzene rings is 1. The maximum Gasteiger partial charge on any atom is 0.303 e. The highest BCUT2D eigenvalue weighted by Gasteiger charge is 2.19. The van der Waals surface area contributed by atoms with Gasteiger partial charge in [0.05, 0.1) is 19.8 Å². The molecule has 1 aromatic heterocycles. The zero-order chi connectivity index (χ0) is 13.1. The maximum absolute atomic E-state index is 10.9. The van der Waals surface area contributed by atoms with E-state index >= 15 is 0 Å². The third kappa shape index (κ3) is 2.18. The van der Waals surface area contributed by atoms with E-state index in [0.29, 0.717) is 11.3 Å². The molecular weight excluding hydrogens is 232 g/mol. The Morgan fingerprint density at radius 1 is 1.50 bits per heavy atom. The molecule has 4 nitrogen and oxygen atoms in total. The Balaban J connectivity index is 2.48. The number of ether oxygens (including phenoxy) is 1. The molecule has 1 aromatic carbocycles. The van der Waals surface area contributed by atoms with Crippen molar-refractivity contribution in [2.75, 3.05) is 7.11 Å². The van der Waals surface area contributed by atoms with Gasteiger partial charge in [-0.05, 0) is 18.4 Å². The Hall–Kier alpha value is -1.97. The van der Waals surface area contributed by atoms with Gasteiger partial charge >= 0.3 is 5.97 Å². The summed E-state index contributed by atoms with van der Waals surface area (Å²) in [6.45, 7) is 1.98. The van der Waals surface area contributed by atoms with Crippen LogP contribution >= 0.6 is 0 Å². The number of hydrogen-bond acceptors (Lipinski definition) is 3. The summed E-state index contributed by atoms with van der Waals surface area (Å²) in [6.07, 6.45) is 2.52. The molecule has 4 heteroatoms. The summed E-state index contributed by atoms with van der Waals surface area (Å²) >= 11 is 0. The number of hydrogen-bond donors (Lipinski definition) is 1. The minimum absolute atomic E-state index is 0.0316. The Labute approximate surface area is 105 Å². The molecule has 0 saturated heterocycles. The highest BCUT2D eigenvalue weighted by Crippen LogP contribution is 2.35. The summed E-state index contributed by atoms with van der Waals surface area (Å²) in [5.74, 6) is -0.154. The molecule has 0 spiro atoms. The molecule has 0 bridgehead atoms. The van der Waals surface area contributed by atoms with Gasteiger partial charge < -0.3 is 14.3 Å². The first kappa shape index (κ1) is 12.5. The molecule has 2 aromatic rings. The fourth-order valence-electron chi connectivity index (χ4n) is 2.21. The number of rotatable bonds is 5. The van der Waals surface area contributed by atoms with Crippen molar-refractivity contribution in [3.05, 3.63) is 30.0 Å². The fraction of sp³-hybridized carbons (Fsp3) is 0.357. The van der Waals surface area contributed by atoms with E-state index in [1.54, 1.807) is 13.4 Å². The smallest absolute Gasteiger partial charge is 0.303 e. The second kappa shape index (κ2) is 5.12. The van der Waals surface area contributed by atoms with Crippen LogP contribution < -0.4 is 4.74 Å². The average Bonchev–Trinajstić information content (AvgIpc) is 2.79. The highest BCUT2D eigenvalue weighted by atomic mass is 16.5. The van der Waals surface area contributed by atoms with Gasteiger partial charge in [0.2, 0.25) is 0 Å². The van der Waals surface area contributed by atoms with E-state index in [1.165, 1.54) is 0 Å². The summed E-state index contributed by atoms with van der Waals surface area (Å²) < 4.78 is 10.7. The number of fused-ring (bicyclic) bond motifs is 1. The predicted molar refractivity (Wildman–Crippen MR) is 68.1 cm³/mol. The SMILES string of the molecule is CCC(CC(=O)O)c1coc2c(OC)cccc12. The molecule has 1 heterocycles. The second-order valence-corrected chi connectivity index (χ2v) is 4.23. The largest absolute Gasteiger partial charge is 0.493 e. The molecule has 0 aliphatic heterocycles. The van der Waals surface area contributed by atoms with Crippen molar-refractivity contribution in [1.29, 1.82) is 0 Å². The van der Waals surface area contributed by atoms with Gasteiger partial charge in [-0.2, -0.15) is 0 Å². The lowest BCUT2D eigenvalue weighted by Gasteiger charge is -2.10. The van der Waals surface area contributed by atoms with Gasteiger partial charge in [-0.25, -0.2) is 0 Å². The van der Waals surface area contributed by atoms with E-state index in [4.69, 9.17) is 14.3 Å². The van der Waals surface area contributed by atoms with Gasteiger partial charge in [0, 0.05) is 10.9 Å². The van der Waals surface area contributed by atoms with Crippen LogP contribution in [-0.4, -0.2) is 18.2 Å². The first-order valence-corrected chi connectivity index (χ1v) is 5.93. The fourth-order valence-corrected chi connectivity index (χ4v) is 2.21. The summed E-state index contributed by atoms with van der Waals surface area (Å²) in [5, 5.41) is 9.86. The van der Waals surface area contributed by atoms with Crippen LogP contribution in [0, 0.1) is 0 Å². The van der Waals surface area contributed by atoms with Gasteiger partial charge in [0.1, 0.15) is 0 Å². The van der Waals surface area contributed by atoms with Crippen molar-refractivity contribution in [1.82, 2.24) is 0 Å². The molecule has 0 aliphatic rings. The monoisotopic (exact) mass is 248 g/mol. The molecular formula is C14H16O4. The number of aliphatic carboxylic acids is 1. The van der Waals surface area contributed by atoms with Gasteiger partial charge in [0.25, 0.3) is 0 Å². The van der Waals surface area contributed by atoms with Crippen LogP contribution in [0.15, 0.2) is 28.9 Å². The van der Waals surface area contributed by atoms with Crippen molar-refractivity contribution >= 4 is 16.9 Å². The van der Waals surface area contributed by atoms with Crippen LogP contribution in [0.3, 0.4) is 0 Å². The molecule has 0 aliphatic carbocycles. The van der Waals surface area contributed by atoms with Crippen LogP contribution in [0.2, 0.25) is 0 Å².